The quantitative estimate of drug-likeness (QED) is 0.700. The van der Waals surface area contributed by atoms with Crippen molar-refractivity contribution in [3.05, 3.63) is 70.9 Å². The van der Waals surface area contributed by atoms with Gasteiger partial charge in [0.2, 0.25) is 0 Å². The number of fused-ring (bicyclic) bond motifs is 1. The van der Waals surface area contributed by atoms with E-state index >= 15 is 0 Å². The Balaban J connectivity index is 2.10. The molecule has 0 aliphatic rings. The highest BCUT2D eigenvalue weighted by molar-refractivity contribution is 7.89. The third-order valence-corrected chi connectivity index (χ3v) is 5.49. The van der Waals surface area contributed by atoms with E-state index in [1.54, 1.807) is 0 Å². The van der Waals surface area contributed by atoms with Crippen molar-refractivity contribution in [2.45, 2.75) is 31.4 Å². The summed E-state index contributed by atoms with van der Waals surface area (Å²) in [7, 11) is -3.11. The highest BCUT2D eigenvalue weighted by atomic mass is 32.2. The van der Waals surface area contributed by atoms with Gasteiger partial charge in [0.1, 0.15) is 0 Å². The first-order valence-corrected chi connectivity index (χ1v) is 10.6. The molecule has 1 heterocycles. The number of H-pyrrole nitrogens is 1. The smallest absolute Gasteiger partial charge is 0.151 e. The molecule has 0 saturated heterocycles. The van der Waals surface area contributed by atoms with Crippen LogP contribution in [0.25, 0.3) is 10.9 Å². The van der Waals surface area contributed by atoms with E-state index in [2.05, 4.69) is 42.2 Å². The fourth-order valence-corrected chi connectivity index (χ4v) is 4.24. The third-order valence-electron chi connectivity index (χ3n) is 4.65. The highest BCUT2D eigenvalue weighted by Gasteiger charge is 2.19. The molecule has 0 amide bonds. The molecule has 2 aromatic carbocycles. The zero-order valence-corrected chi connectivity index (χ0v) is 15.8. The fourth-order valence-electron chi connectivity index (χ4n) is 3.44. The number of aromatic amines is 1. The van der Waals surface area contributed by atoms with Crippen LogP contribution < -0.4 is 0 Å². The van der Waals surface area contributed by atoms with Crippen LogP contribution >= 0.6 is 0 Å². The first-order chi connectivity index (χ1) is 12.4. The monoisotopic (exact) mass is 366 g/mol. The maximum Gasteiger partial charge on any atom is 0.151 e. The van der Waals surface area contributed by atoms with Crippen molar-refractivity contribution in [1.29, 1.82) is 5.26 Å². The number of nitriles is 1. The summed E-state index contributed by atoms with van der Waals surface area (Å²) in [5.41, 5.74) is 5.11. The average Bonchev–Trinajstić information content (AvgIpc) is 3.01. The number of sulfone groups is 1. The Hall–Kier alpha value is -2.58. The van der Waals surface area contributed by atoms with Gasteiger partial charge in [-0.2, -0.15) is 5.26 Å². The van der Waals surface area contributed by atoms with Gasteiger partial charge in [0.05, 0.1) is 11.8 Å². The van der Waals surface area contributed by atoms with Crippen LogP contribution in [0.3, 0.4) is 0 Å². The zero-order valence-electron chi connectivity index (χ0n) is 15.0. The molecule has 1 aromatic heterocycles. The Morgan fingerprint density at radius 2 is 1.88 bits per heavy atom. The molecule has 1 N–H and O–H groups in total. The lowest BCUT2D eigenvalue weighted by Crippen LogP contribution is -2.02. The molecule has 3 rings (SSSR count). The number of rotatable bonds is 6. The van der Waals surface area contributed by atoms with Gasteiger partial charge in [-0.3, -0.25) is 0 Å². The topological polar surface area (TPSA) is 73.7 Å². The van der Waals surface area contributed by atoms with Crippen molar-refractivity contribution in [3.8, 4) is 6.07 Å². The van der Waals surface area contributed by atoms with Gasteiger partial charge >= 0.3 is 0 Å². The molecule has 0 saturated carbocycles. The van der Waals surface area contributed by atoms with Crippen LogP contribution in [0.15, 0.2) is 48.7 Å². The van der Waals surface area contributed by atoms with E-state index in [0.717, 1.165) is 28.5 Å². The SMILES string of the molecule is Cc1ccc(C(CCC#N)c2c[nH]c3c(CS(C)(=O)=O)cccc23)cc1. The van der Waals surface area contributed by atoms with E-state index in [-0.39, 0.29) is 11.7 Å². The summed E-state index contributed by atoms with van der Waals surface area (Å²) >= 11 is 0. The average molecular weight is 366 g/mol. The van der Waals surface area contributed by atoms with Crippen LogP contribution in [0.1, 0.15) is 41.0 Å². The minimum atomic E-state index is -3.11. The zero-order chi connectivity index (χ0) is 18.7. The van der Waals surface area contributed by atoms with Crippen LogP contribution in [0.5, 0.6) is 0 Å². The fraction of sp³-hybridized carbons (Fsp3) is 0.286. The van der Waals surface area contributed by atoms with Crippen molar-refractivity contribution in [1.82, 2.24) is 4.98 Å². The molecule has 0 aliphatic carbocycles. The summed E-state index contributed by atoms with van der Waals surface area (Å²) in [5, 5.41) is 10.1. The summed E-state index contributed by atoms with van der Waals surface area (Å²) in [4.78, 5) is 3.27. The first kappa shape index (κ1) is 18.2. The molecule has 4 nitrogen and oxygen atoms in total. The molecule has 1 atom stereocenters. The van der Waals surface area contributed by atoms with Gasteiger partial charge in [0.15, 0.2) is 9.84 Å². The van der Waals surface area contributed by atoms with Gasteiger partial charge < -0.3 is 4.98 Å². The Bertz CT molecular complexity index is 1060. The summed E-state index contributed by atoms with van der Waals surface area (Å²) in [5.74, 6) is 0.106. The molecule has 0 radical (unpaired) electrons. The highest BCUT2D eigenvalue weighted by Crippen LogP contribution is 2.35. The lowest BCUT2D eigenvalue weighted by Gasteiger charge is -2.16. The Kier molecular flexibility index (Phi) is 5.15. The Morgan fingerprint density at radius 1 is 1.15 bits per heavy atom. The second-order valence-electron chi connectivity index (χ2n) is 6.81. The second-order valence-corrected chi connectivity index (χ2v) is 8.95. The van der Waals surface area contributed by atoms with Gasteiger partial charge in [-0.15, -0.1) is 0 Å². The molecule has 26 heavy (non-hydrogen) atoms. The maximum absolute atomic E-state index is 11.7. The molecule has 3 aromatic rings. The van der Waals surface area contributed by atoms with E-state index < -0.39 is 9.84 Å². The molecule has 0 aliphatic heterocycles. The number of aromatic nitrogens is 1. The minimum absolute atomic E-state index is 0.0116. The molecule has 0 bridgehead atoms. The van der Waals surface area contributed by atoms with E-state index in [1.807, 2.05) is 24.4 Å². The number of benzene rings is 2. The van der Waals surface area contributed by atoms with E-state index in [4.69, 9.17) is 5.26 Å². The molecule has 1 unspecified atom stereocenters. The van der Waals surface area contributed by atoms with Crippen molar-refractivity contribution in [3.63, 3.8) is 0 Å². The lowest BCUT2D eigenvalue weighted by atomic mass is 9.87. The molecule has 5 heteroatoms. The first-order valence-electron chi connectivity index (χ1n) is 8.59. The van der Waals surface area contributed by atoms with Crippen LogP contribution in [-0.2, 0) is 15.6 Å². The van der Waals surface area contributed by atoms with Gasteiger partial charge in [-0.25, -0.2) is 8.42 Å². The standard InChI is InChI=1S/C21H22N2O2S/c1-15-8-10-16(11-9-15)18(7-4-12-22)20-13-23-21-17(14-26(2,24)25)5-3-6-19(20)21/h3,5-6,8-11,13,18,23H,4,7,14H2,1-2H3. The van der Waals surface area contributed by atoms with Crippen LogP contribution in [-0.4, -0.2) is 19.7 Å². The second kappa shape index (κ2) is 7.35. The minimum Gasteiger partial charge on any atom is -0.361 e. The maximum atomic E-state index is 11.7. The Morgan fingerprint density at radius 3 is 2.54 bits per heavy atom. The number of hydrogen-bond donors (Lipinski definition) is 1. The van der Waals surface area contributed by atoms with E-state index in [0.29, 0.717) is 6.42 Å². The number of nitrogens with zero attached hydrogens (tertiary/aromatic N) is 1. The van der Waals surface area contributed by atoms with Crippen molar-refractivity contribution >= 4 is 20.7 Å². The normalized spacial score (nSPS) is 12.8. The molecular weight excluding hydrogens is 344 g/mol. The van der Waals surface area contributed by atoms with E-state index in [9.17, 15) is 8.42 Å². The number of para-hydroxylation sites is 1. The van der Waals surface area contributed by atoms with E-state index in [1.165, 1.54) is 17.4 Å². The van der Waals surface area contributed by atoms with Gasteiger partial charge in [-0.1, -0.05) is 48.0 Å². The van der Waals surface area contributed by atoms with Gasteiger partial charge in [-0.05, 0) is 30.0 Å². The summed E-state index contributed by atoms with van der Waals surface area (Å²) in [6.07, 6.45) is 4.40. The number of hydrogen-bond acceptors (Lipinski definition) is 3. The third kappa shape index (κ3) is 3.97. The Labute approximate surface area is 154 Å². The molecular formula is C21H22N2O2S. The number of nitrogens with one attached hydrogen (secondary N) is 1. The largest absolute Gasteiger partial charge is 0.361 e. The van der Waals surface area contributed by atoms with Crippen molar-refractivity contribution in [2.75, 3.05) is 6.26 Å². The summed E-state index contributed by atoms with van der Waals surface area (Å²) in [6.45, 7) is 2.05. The van der Waals surface area contributed by atoms with Crippen molar-refractivity contribution in [2.24, 2.45) is 0 Å². The molecule has 0 fully saturated rings. The van der Waals surface area contributed by atoms with Crippen LogP contribution in [0, 0.1) is 18.3 Å². The molecule has 134 valence electrons. The lowest BCUT2D eigenvalue weighted by molar-refractivity contribution is 0.601. The van der Waals surface area contributed by atoms with Crippen LogP contribution in [0.2, 0.25) is 0 Å². The number of aryl methyl sites for hydroxylation is 1. The summed E-state index contributed by atoms with van der Waals surface area (Å²) < 4.78 is 23.5. The predicted octanol–water partition coefficient (Wildman–Crippen LogP) is 4.46. The summed E-state index contributed by atoms with van der Waals surface area (Å²) in [6, 6.07) is 16.4. The predicted molar refractivity (Wildman–Crippen MR) is 105 cm³/mol. The molecule has 0 spiro atoms. The van der Waals surface area contributed by atoms with Gasteiger partial charge in [0, 0.05) is 35.7 Å². The van der Waals surface area contributed by atoms with Crippen LogP contribution in [0.4, 0.5) is 0 Å². The van der Waals surface area contributed by atoms with Crippen molar-refractivity contribution < 1.29 is 8.42 Å². The van der Waals surface area contributed by atoms with Gasteiger partial charge in [0.25, 0.3) is 0 Å².